The largest absolute Gasteiger partial charge is 0.299 e. The molecule has 0 unspecified atom stereocenters. The Morgan fingerprint density at radius 3 is 2.89 bits per heavy atom. The van der Waals surface area contributed by atoms with E-state index in [4.69, 9.17) is 0 Å². The first-order valence-electron chi connectivity index (χ1n) is 7.18. The van der Waals surface area contributed by atoms with Gasteiger partial charge in [0.2, 0.25) is 0 Å². The molecule has 0 N–H and O–H groups in total. The third-order valence-corrected chi connectivity index (χ3v) is 3.91. The maximum atomic E-state index is 11.9. The minimum atomic E-state index is 0.309. The highest BCUT2D eigenvalue weighted by Crippen LogP contribution is 2.27. The van der Waals surface area contributed by atoms with Crippen LogP contribution in [-0.2, 0) is 17.8 Å². The van der Waals surface area contributed by atoms with Gasteiger partial charge in [-0.2, -0.15) is 5.10 Å². The van der Waals surface area contributed by atoms with Crippen molar-refractivity contribution in [3.63, 3.8) is 0 Å². The van der Waals surface area contributed by atoms with E-state index in [1.165, 1.54) is 38.4 Å². The number of hydrogen-bond donors (Lipinski definition) is 0. The predicted molar refractivity (Wildman–Crippen MR) is 70.2 cm³/mol. The maximum absolute atomic E-state index is 11.9. The summed E-state index contributed by atoms with van der Waals surface area (Å²) in [5.74, 6) is 1.90. The van der Waals surface area contributed by atoms with Crippen molar-refractivity contribution in [1.82, 2.24) is 14.8 Å². The van der Waals surface area contributed by atoms with E-state index in [1.54, 1.807) is 4.68 Å². The van der Waals surface area contributed by atoms with Gasteiger partial charge in [0.05, 0.1) is 6.42 Å². The summed E-state index contributed by atoms with van der Waals surface area (Å²) in [6.07, 6.45) is 10.5. The van der Waals surface area contributed by atoms with Crippen LogP contribution in [-0.4, -0.2) is 20.5 Å². The molecule has 2 rings (SSSR count). The average molecular weight is 249 g/mol. The minimum Gasteiger partial charge on any atom is -0.299 e. The Kier molecular flexibility index (Phi) is 4.90. The topological polar surface area (TPSA) is 47.8 Å². The Balaban J connectivity index is 1.74. The van der Waals surface area contributed by atoms with Crippen molar-refractivity contribution >= 4 is 5.78 Å². The predicted octanol–water partition coefficient (Wildman–Crippen LogP) is 2.77. The Morgan fingerprint density at radius 1 is 1.39 bits per heavy atom. The second kappa shape index (κ2) is 6.66. The van der Waals surface area contributed by atoms with Crippen molar-refractivity contribution in [2.24, 2.45) is 5.92 Å². The fourth-order valence-corrected chi connectivity index (χ4v) is 2.79. The summed E-state index contributed by atoms with van der Waals surface area (Å²) < 4.78 is 1.80. The molecular formula is C14H23N3O. The van der Waals surface area contributed by atoms with Crippen molar-refractivity contribution in [3.8, 4) is 0 Å². The molecule has 1 aromatic rings. The van der Waals surface area contributed by atoms with E-state index in [1.807, 2.05) is 6.92 Å². The van der Waals surface area contributed by atoms with Gasteiger partial charge in [-0.1, -0.05) is 32.1 Å². The smallest absolute Gasteiger partial charge is 0.140 e. The highest BCUT2D eigenvalue weighted by atomic mass is 16.1. The van der Waals surface area contributed by atoms with Gasteiger partial charge < -0.3 is 0 Å². The third-order valence-electron chi connectivity index (χ3n) is 3.91. The molecule has 0 aliphatic heterocycles. The minimum absolute atomic E-state index is 0.309. The molecule has 1 aliphatic carbocycles. The van der Waals surface area contributed by atoms with E-state index in [0.717, 1.165) is 24.7 Å². The Hall–Kier alpha value is -1.19. The summed E-state index contributed by atoms with van der Waals surface area (Å²) in [6, 6.07) is 0. The molecule has 0 saturated heterocycles. The van der Waals surface area contributed by atoms with Gasteiger partial charge in [-0.05, 0) is 19.3 Å². The first kappa shape index (κ1) is 13.2. The lowest BCUT2D eigenvalue weighted by atomic mass is 9.85. The van der Waals surface area contributed by atoms with Crippen molar-refractivity contribution in [2.75, 3.05) is 0 Å². The summed E-state index contributed by atoms with van der Waals surface area (Å²) in [4.78, 5) is 16.1. The van der Waals surface area contributed by atoms with E-state index in [9.17, 15) is 4.79 Å². The Bertz CT molecular complexity index is 380. The van der Waals surface area contributed by atoms with Gasteiger partial charge in [-0.25, -0.2) is 9.67 Å². The number of carbonyl (C=O) groups excluding carboxylic acids is 1. The lowest BCUT2D eigenvalue weighted by Crippen LogP contribution is -2.13. The van der Waals surface area contributed by atoms with Crippen molar-refractivity contribution in [2.45, 2.75) is 64.8 Å². The number of nitrogens with zero attached hydrogens (tertiary/aromatic N) is 3. The Labute approximate surface area is 109 Å². The summed E-state index contributed by atoms with van der Waals surface area (Å²) >= 11 is 0. The number of carbonyl (C=O) groups is 1. The van der Waals surface area contributed by atoms with E-state index in [0.29, 0.717) is 18.6 Å². The molecule has 100 valence electrons. The average Bonchev–Trinajstić information content (AvgIpc) is 2.85. The van der Waals surface area contributed by atoms with Crippen LogP contribution >= 0.6 is 0 Å². The van der Waals surface area contributed by atoms with Crippen LogP contribution in [0, 0.1) is 5.92 Å². The van der Waals surface area contributed by atoms with Crippen LogP contribution < -0.4 is 0 Å². The maximum Gasteiger partial charge on any atom is 0.140 e. The highest BCUT2D eigenvalue weighted by Gasteiger charge is 2.16. The van der Waals surface area contributed by atoms with E-state index in [2.05, 4.69) is 10.1 Å². The van der Waals surface area contributed by atoms with Crippen molar-refractivity contribution in [3.05, 3.63) is 12.2 Å². The lowest BCUT2D eigenvalue weighted by Gasteiger charge is -2.20. The van der Waals surface area contributed by atoms with Crippen LogP contribution in [0.15, 0.2) is 6.33 Å². The standard InChI is InChI=1S/C14H23N3O/c1-2-17-14(15-11-16-17)10-13(18)9-8-12-6-4-3-5-7-12/h11-12H,2-10H2,1H3. The SMILES string of the molecule is CCn1ncnc1CC(=O)CCC1CCCCC1. The molecular weight excluding hydrogens is 226 g/mol. The van der Waals surface area contributed by atoms with E-state index >= 15 is 0 Å². The second-order valence-corrected chi connectivity index (χ2v) is 5.25. The monoisotopic (exact) mass is 249 g/mol. The number of rotatable bonds is 6. The van der Waals surface area contributed by atoms with Crippen molar-refractivity contribution < 1.29 is 4.79 Å². The number of ketones is 1. The second-order valence-electron chi connectivity index (χ2n) is 5.25. The molecule has 0 spiro atoms. The van der Waals surface area contributed by atoms with Gasteiger partial charge >= 0.3 is 0 Å². The van der Waals surface area contributed by atoms with Gasteiger partial charge in [-0.15, -0.1) is 0 Å². The van der Waals surface area contributed by atoms with E-state index in [-0.39, 0.29) is 0 Å². The van der Waals surface area contributed by atoms with Crippen molar-refractivity contribution in [1.29, 1.82) is 0 Å². The molecule has 4 heteroatoms. The number of aryl methyl sites for hydroxylation is 1. The van der Waals surface area contributed by atoms with Gasteiger partial charge in [0.1, 0.15) is 17.9 Å². The molecule has 0 radical (unpaired) electrons. The van der Waals surface area contributed by atoms with Crippen LogP contribution in [0.4, 0.5) is 0 Å². The van der Waals surface area contributed by atoms with Gasteiger partial charge in [0.15, 0.2) is 0 Å². The molecule has 0 amide bonds. The fourth-order valence-electron chi connectivity index (χ4n) is 2.79. The first-order valence-corrected chi connectivity index (χ1v) is 7.18. The molecule has 0 bridgehead atoms. The normalized spacial score (nSPS) is 16.9. The van der Waals surface area contributed by atoms with Crippen LogP contribution in [0.3, 0.4) is 0 Å². The zero-order chi connectivity index (χ0) is 12.8. The molecule has 4 nitrogen and oxygen atoms in total. The lowest BCUT2D eigenvalue weighted by molar-refractivity contribution is -0.118. The summed E-state index contributed by atoms with van der Waals surface area (Å²) in [5, 5.41) is 4.09. The quantitative estimate of drug-likeness (QED) is 0.779. The number of aromatic nitrogens is 3. The van der Waals surface area contributed by atoms with Gasteiger partial charge in [0, 0.05) is 13.0 Å². The summed E-state index contributed by atoms with van der Waals surface area (Å²) in [6.45, 7) is 2.80. The van der Waals surface area contributed by atoms with Gasteiger partial charge in [-0.3, -0.25) is 4.79 Å². The summed E-state index contributed by atoms with van der Waals surface area (Å²) in [7, 11) is 0. The Morgan fingerprint density at radius 2 is 2.17 bits per heavy atom. The molecule has 1 fully saturated rings. The zero-order valence-electron chi connectivity index (χ0n) is 11.3. The van der Waals surface area contributed by atoms with Gasteiger partial charge in [0.25, 0.3) is 0 Å². The molecule has 0 atom stereocenters. The molecule has 1 saturated carbocycles. The molecule has 0 aromatic carbocycles. The molecule has 1 aromatic heterocycles. The fraction of sp³-hybridized carbons (Fsp3) is 0.786. The number of Topliss-reactive ketones (excluding diaryl/α,β-unsaturated/α-hetero) is 1. The van der Waals surface area contributed by atoms with E-state index < -0.39 is 0 Å². The molecule has 1 aliphatic rings. The zero-order valence-corrected chi connectivity index (χ0v) is 11.3. The molecule has 18 heavy (non-hydrogen) atoms. The molecule has 1 heterocycles. The number of hydrogen-bond acceptors (Lipinski definition) is 3. The first-order chi connectivity index (χ1) is 8.79. The highest BCUT2D eigenvalue weighted by molar-refractivity contribution is 5.80. The summed E-state index contributed by atoms with van der Waals surface area (Å²) in [5.41, 5.74) is 0. The third kappa shape index (κ3) is 3.65. The van der Waals surface area contributed by atoms with Crippen LogP contribution in [0.25, 0.3) is 0 Å². The van der Waals surface area contributed by atoms with Crippen LogP contribution in [0.5, 0.6) is 0 Å². The van der Waals surface area contributed by atoms with Crippen LogP contribution in [0.1, 0.15) is 57.7 Å². The van der Waals surface area contributed by atoms with Crippen LogP contribution in [0.2, 0.25) is 0 Å².